The summed E-state index contributed by atoms with van der Waals surface area (Å²) in [5.74, 6) is 1.64. The summed E-state index contributed by atoms with van der Waals surface area (Å²) in [6.07, 6.45) is 9.12. The van der Waals surface area contributed by atoms with E-state index in [0.29, 0.717) is 24.7 Å². The number of ether oxygens (including phenoxy) is 1. The maximum atomic E-state index is 12.7. The summed E-state index contributed by atoms with van der Waals surface area (Å²) in [6, 6.07) is 7.89. The Morgan fingerprint density at radius 2 is 2.11 bits per heavy atom. The number of carbonyl (C=O) groups excluding carboxylic acids is 1. The lowest BCUT2D eigenvalue weighted by molar-refractivity contribution is 0.0594. The number of likely N-dealkylation sites (tertiary alicyclic amines) is 1. The number of rotatable bonds is 7. The van der Waals surface area contributed by atoms with Gasteiger partial charge in [-0.15, -0.1) is 0 Å². The van der Waals surface area contributed by atoms with Crippen molar-refractivity contribution in [1.29, 1.82) is 0 Å². The van der Waals surface area contributed by atoms with Crippen molar-refractivity contribution in [2.75, 3.05) is 18.4 Å². The van der Waals surface area contributed by atoms with Gasteiger partial charge in [0, 0.05) is 44.4 Å². The molecule has 1 saturated heterocycles. The van der Waals surface area contributed by atoms with Gasteiger partial charge in [0.05, 0.1) is 11.8 Å². The number of hydrogen-bond donors (Lipinski definition) is 1. The second kappa shape index (κ2) is 9.35. The van der Waals surface area contributed by atoms with E-state index in [2.05, 4.69) is 29.1 Å². The van der Waals surface area contributed by atoms with Crippen LogP contribution in [0.15, 0.2) is 42.9 Å². The minimum Gasteiger partial charge on any atom is -0.489 e. The summed E-state index contributed by atoms with van der Waals surface area (Å²) >= 11 is 0. The molecular formula is C21H28N4O2. The lowest BCUT2D eigenvalue weighted by atomic mass is 10.1. The molecule has 6 nitrogen and oxygen atoms in total. The third-order valence-corrected chi connectivity index (χ3v) is 4.79. The third kappa shape index (κ3) is 5.42. The van der Waals surface area contributed by atoms with Crippen LogP contribution in [0, 0.1) is 0 Å². The van der Waals surface area contributed by atoms with Gasteiger partial charge in [-0.25, -0.2) is 4.98 Å². The molecule has 2 aromatic rings. The first kappa shape index (κ1) is 19.1. The molecule has 1 amide bonds. The molecular weight excluding hydrogens is 340 g/mol. The molecule has 1 aliphatic rings. The minimum atomic E-state index is 0.0375. The highest BCUT2D eigenvalue weighted by Crippen LogP contribution is 2.19. The Morgan fingerprint density at radius 1 is 1.30 bits per heavy atom. The van der Waals surface area contributed by atoms with Gasteiger partial charge in [-0.2, -0.15) is 0 Å². The van der Waals surface area contributed by atoms with Crippen LogP contribution in [0.4, 0.5) is 5.82 Å². The number of carbonyl (C=O) groups is 1. The van der Waals surface area contributed by atoms with Gasteiger partial charge in [0.2, 0.25) is 0 Å². The van der Waals surface area contributed by atoms with Crippen LogP contribution in [-0.2, 0) is 0 Å². The van der Waals surface area contributed by atoms with E-state index in [1.54, 1.807) is 18.6 Å². The van der Waals surface area contributed by atoms with E-state index in [0.717, 1.165) is 37.3 Å². The van der Waals surface area contributed by atoms with Crippen LogP contribution >= 0.6 is 0 Å². The Morgan fingerprint density at radius 3 is 2.74 bits per heavy atom. The van der Waals surface area contributed by atoms with Crippen molar-refractivity contribution in [3.05, 3.63) is 48.4 Å². The molecule has 3 rings (SSSR count). The minimum absolute atomic E-state index is 0.0375. The number of pyridine rings is 2. The van der Waals surface area contributed by atoms with E-state index in [9.17, 15) is 4.79 Å². The maximum absolute atomic E-state index is 12.7. The lowest BCUT2D eigenvalue weighted by Gasteiger charge is -2.32. The summed E-state index contributed by atoms with van der Waals surface area (Å²) < 4.78 is 5.94. The van der Waals surface area contributed by atoms with E-state index < -0.39 is 0 Å². The molecule has 6 heteroatoms. The Hall–Kier alpha value is -2.63. The second-order valence-corrected chi connectivity index (χ2v) is 7.06. The van der Waals surface area contributed by atoms with E-state index >= 15 is 0 Å². The Labute approximate surface area is 161 Å². The van der Waals surface area contributed by atoms with Crippen LogP contribution in [0.2, 0.25) is 0 Å². The number of anilines is 1. The highest BCUT2D eigenvalue weighted by molar-refractivity contribution is 5.94. The molecule has 0 aliphatic carbocycles. The van der Waals surface area contributed by atoms with Gasteiger partial charge in [-0.05, 0) is 37.6 Å². The summed E-state index contributed by atoms with van der Waals surface area (Å²) in [5.41, 5.74) is 0.635. The summed E-state index contributed by atoms with van der Waals surface area (Å²) in [4.78, 5) is 23.1. The second-order valence-electron chi connectivity index (χ2n) is 7.06. The number of amides is 1. The molecule has 1 aliphatic heterocycles. The Kier molecular flexibility index (Phi) is 6.63. The number of aromatic nitrogens is 2. The molecule has 0 spiro atoms. The van der Waals surface area contributed by atoms with E-state index in [-0.39, 0.29) is 12.0 Å². The van der Waals surface area contributed by atoms with Gasteiger partial charge >= 0.3 is 0 Å². The number of nitrogens with zero attached hydrogens (tertiary/aromatic N) is 3. The quantitative estimate of drug-likeness (QED) is 0.806. The van der Waals surface area contributed by atoms with Crippen molar-refractivity contribution >= 4 is 11.7 Å². The van der Waals surface area contributed by atoms with Gasteiger partial charge in [0.25, 0.3) is 5.91 Å². The molecule has 1 N–H and O–H groups in total. The van der Waals surface area contributed by atoms with Crippen LogP contribution in [-0.4, -0.2) is 46.0 Å². The van der Waals surface area contributed by atoms with Gasteiger partial charge in [-0.3, -0.25) is 9.78 Å². The SMILES string of the molecule is CCC[C@@H](C)Nc1ccc(C(=O)N2CCC(Oc3cccnc3)CC2)cn1. The zero-order valence-corrected chi connectivity index (χ0v) is 16.1. The Balaban J connectivity index is 1.50. The lowest BCUT2D eigenvalue weighted by Crippen LogP contribution is -2.41. The predicted molar refractivity (Wildman–Crippen MR) is 106 cm³/mol. The van der Waals surface area contributed by atoms with Crippen molar-refractivity contribution in [2.24, 2.45) is 0 Å². The molecule has 2 aromatic heterocycles. The fourth-order valence-electron chi connectivity index (χ4n) is 3.33. The van der Waals surface area contributed by atoms with Crippen molar-refractivity contribution in [3.63, 3.8) is 0 Å². The topological polar surface area (TPSA) is 67.4 Å². The first-order chi connectivity index (χ1) is 13.2. The molecule has 0 saturated carbocycles. The first-order valence-electron chi connectivity index (χ1n) is 9.74. The first-order valence-corrected chi connectivity index (χ1v) is 9.74. The van der Waals surface area contributed by atoms with Crippen LogP contribution in [0.1, 0.15) is 49.9 Å². The zero-order valence-electron chi connectivity index (χ0n) is 16.1. The van der Waals surface area contributed by atoms with Gasteiger partial charge in [0.15, 0.2) is 0 Å². The van der Waals surface area contributed by atoms with Gasteiger partial charge in [0.1, 0.15) is 17.7 Å². The fraction of sp³-hybridized carbons (Fsp3) is 0.476. The van der Waals surface area contributed by atoms with Crippen molar-refractivity contribution < 1.29 is 9.53 Å². The molecule has 144 valence electrons. The zero-order chi connectivity index (χ0) is 19.1. The maximum Gasteiger partial charge on any atom is 0.255 e. The van der Waals surface area contributed by atoms with E-state index in [1.165, 1.54) is 0 Å². The van der Waals surface area contributed by atoms with Crippen molar-refractivity contribution in [3.8, 4) is 5.75 Å². The highest BCUT2D eigenvalue weighted by atomic mass is 16.5. The fourth-order valence-corrected chi connectivity index (χ4v) is 3.33. The number of piperidine rings is 1. The molecule has 0 aromatic carbocycles. The monoisotopic (exact) mass is 368 g/mol. The Bertz CT molecular complexity index is 713. The van der Waals surface area contributed by atoms with Crippen LogP contribution in [0.25, 0.3) is 0 Å². The average Bonchev–Trinajstić information content (AvgIpc) is 2.70. The summed E-state index contributed by atoms with van der Waals surface area (Å²) in [5, 5.41) is 3.36. The van der Waals surface area contributed by atoms with Gasteiger partial charge < -0.3 is 15.0 Å². The molecule has 3 heterocycles. The van der Waals surface area contributed by atoms with Crippen LogP contribution in [0.3, 0.4) is 0 Å². The number of hydrogen-bond acceptors (Lipinski definition) is 5. The third-order valence-electron chi connectivity index (χ3n) is 4.79. The molecule has 1 atom stereocenters. The van der Waals surface area contributed by atoms with E-state index in [4.69, 9.17) is 4.74 Å². The summed E-state index contributed by atoms with van der Waals surface area (Å²) in [7, 11) is 0. The molecule has 0 bridgehead atoms. The van der Waals surface area contributed by atoms with E-state index in [1.807, 2.05) is 29.2 Å². The van der Waals surface area contributed by atoms with Crippen LogP contribution < -0.4 is 10.1 Å². The predicted octanol–water partition coefficient (Wildman–Crippen LogP) is 3.76. The molecule has 27 heavy (non-hydrogen) atoms. The van der Waals surface area contributed by atoms with Crippen molar-refractivity contribution in [1.82, 2.24) is 14.9 Å². The van der Waals surface area contributed by atoms with Crippen LogP contribution in [0.5, 0.6) is 5.75 Å². The molecule has 0 unspecified atom stereocenters. The highest BCUT2D eigenvalue weighted by Gasteiger charge is 2.25. The molecule has 0 radical (unpaired) electrons. The standard InChI is InChI=1S/C21H28N4O2/c1-3-5-16(2)24-20-8-7-17(14-23-20)21(26)25-12-9-18(10-13-25)27-19-6-4-11-22-15-19/h4,6-8,11,14-16,18H,3,5,9-10,12-13H2,1-2H3,(H,23,24)/t16-/m1/s1. The van der Waals surface area contributed by atoms with Crippen molar-refractivity contribution in [2.45, 2.75) is 51.7 Å². The molecule has 1 fully saturated rings. The smallest absolute Gasteiger partial charge is 0.255 e. The summed E-state index contributed by atoms with van der Waals surface area (Å²) in [6.45, 7) is 5.69. The van der Waals surface area contributed by atoms with Gasteiger partial charge in [-0.1, -0.05) is 13.3 Å². The average molecular weight is 368 g/mol. The normalized spacial score (nSPS) is 16.0. The number of nitrogens with one attached hydrogen (secondary N) is 1. The largest absolute Gasteiger partial charge is 0.489 e.